The fourth-order valence-electron chi connectivity index (χ4n) is 3.73. The second-order valence-corrected chi connectivity index (χ2v) is 6.22. The quantitative estimate of drug-likeness (QED) is 0.873. The summed E-state index contributed by atoms with van der Waals surface area (Å²) in [5, 5.41) is 7.88. The van der Waals surface area contributed by atoms with Crippen LogP contribution in [0.1, 0.15) is 75.0 Å². The zero-order valence-corrected chi connectivity index (χ0v) is 10.8. The van der Waals surface area contributed by atoms with E-state index in [4.69, 9.17) is 4.52 Å². The summed E-state index contributed by atoms with van der Waals surface area (Å²) in [6.45, 7) is 0. The van der Waals surface area contributed by atoms with Crippen LogP contribution < -0.4 is 5.32 Å². The van der Waals surface area contributed by atoms with Crippen LogP contribution >= 0.6 is 0 Å². The fourth-order valence-corrected chi connectivity index (χ4v) is 3.73. The van der Waals surface area contributed by atoms with Crippen molar-refractivity contribution in [1.29, 1.82) is 0 Å². The number of fused-ring (bicyclic) bond motifs is 1. The van der Waals surface area contributed by atoms with Crippen LogP contribution in [0.4, 0.5) is 0 Å². The first-order valence-corrected chi connectivity index (χ1v) is 7.50. The van der Waals surface area contributed by atoms with Gasteiger partial charge in [-0.15, -0.1) is 0 Å². The van der Waals surface area contributed by atoms with Crippen LogP contribution in [0.25, 0.3) is 0 Å². The summed E-state index contributed by atoms with van der Waals surface area (Å²) in [5.74, 6) is 3.20. The van der Waals surface area contributed by atoms with E-state index in [2.05, 4.69) is 15.5 Å². The molecule has 0 aromatic carbocycles. The van der Waals surface area contributed by atoms with Crippen LogP contribution in [0.15, 0.2) is 4.52 Å². The summed E-state index contributed by atoms with van der Waals surface area (Å²) < 4.78 is 5.49. The normalized spacial score (nSPS) is 36.3. The van der Waals surface area contributed by atoms with Crippen molar-refractivity contribution >= 4 is 0 Å². The van der Waals surface area contributed by atoms with Crippen LogP contribution in [0.5, 0.6) is 0 Å². The van der Waals surface area contributed by atoms with E-state index < -0.39 is 0 Å². The van der Waals surface area contributed by atoms with Crippen LogP contribution in [0.3, 0.4) is 0 Å². The molecule has 1 aromatic heterocycles. The van der Waals surface area contributed by atoms with Crippen molar-refractivity contribution < 1.29 is 4.52 Å². The highest BCUT2D eigenvalue weighted by molar-refractivity contribution is 5.05. The van der Waals surface area contributed by atoms with Crippen molar-refractivity contribution in [2.45, 2.75) is 69.4 Å². The maximum absolute atomic E-state index is 5.49. The second-order valence-electron chi connectivity index (χ2n) is 6.22. The van der Waals surface area contributed by atoms with Crippen molar-refractivity contribution in [3.05, 3.63) is 11.7 Å². The third-order valence-corrected chi connectivity index (χ3v) is 5.09. The van der Waals surface area contributed by atoms with Gasteiger partial charge in [0.2, 0.25) is 5.89 Å². The lowest BCUT2D eigenvalue weighted by molar-refractivity contribution is 0.321. The van der Waals surface area contributed by atoms with E-state index in [1.165, 1.54) is 51.4 Å². The van der Waals surface area contributed by atoms with Crippen LogP contribution in [-0.2, 0) is 0 Å². The van der Waals surface area contributed by atoms with E-state index in [1.807, 2.05) is 0 Å². The molecule has 0 radical (unpaired) electrons. The molecule has 2 aliphatic carbocycles. The predicted molar refractivity (Wildman–Crippen MR) is 67.1 cm³/mol. The van der Waals surface area contributed by atoms with Crippen molar-refractivity contribution in [3.8, 4) is 0 Å². The summed E-state index contributed by atoms with van der Waals surface area (Å²) in [6.07, 6.45) is 10.5. The Morgan fingerprint density at radius 1 is 1.06 bits per heavy atom. The minimum Gasteiger partial charge on any atom is -0.338 e. The van der Waals surface area contributed by atoms with Crippen molar-refractivity contribution in [1.82, 2.24) is 15.5 Å². The first-order chi connectivity index (χ1) is 8.90. The SMILES string of the molecule is C1CC(c2noc(C3CC4CCCCC4N3)n2)C1. The van der Waals surface area contributed by atoms with Gasteiger partial charge < -0.3 is 9.84 Å². The maximum atomic E-state index is 5.49. The smallest absolute Gasteiger partial charge is 0.243 e. The number of nitrogens with one attached hydrogen (secondary N) is 1. The molecule has 4 rings (SSSR count). The zero-order chi connectivity index (χ0) is 11.9. The Morgan fingerprint density at radius 2 is 1.94 bits per heavy atom. The maximum Gasteiger partial charge on any atom is 0.243 e. The van der Waals surface area contributed by atoms with Gasteiger partial charge in [-0.2, -0.15) is 4.98 Å². The van der Waals surface area contributed by atoms with Gasteiger partial charge in [-0.1, -0.05) is 24.4 Å². The number of rotatable bonds is 2. The lowest BCUT2D eigenvalue weighted by atomic mass is 9.85. The summed E-state index contributed by atoms with van der Waals surface area (Å²) in [5.41, 5.74) is 0. The molecular formula is C14H21N3O. The van der Waals surface area contributed by atoms with E-state index in [0.717, 1.165) is 17.6 Å². The molecular weight excluding hydrogens is 226 g/mol. The largest absolute Gasteiger partial charge is 0.338 e. The molecule has 3 atom stereocenters. The molecule has 18 heavy (non-hydrogen) atoms. The average Bonchev–Trinajstić information content (AvgIpc) is 2.91. The zero-order valence-electron chi connectivity index (χ0n) is 10.8. The van der Waals surface area contributed by atoms with E-state index in [1.54, 1.807) is 0 Å². The molecule has 0 spiro atoms. The Hall–Kier alpha value is -0.900. The van der Waals surface area contributed by atoms with Gasteiger partial charge in [0.1, 0.15) is 0 Å². The number of aromatic nitrogens is 2. The van der Waals surface area contributed by atoms with Gasteiger partial charge in [0.15, 0.2) is 5.82 Å². The Balaban J connectivity index is 1.48. The molecule has 1 N–H and O–H groups in total. The molecule has 98 valence electrons. The Bertz CT molecular complexity index is 412. The first kappa shape index (κ1) is 11.0. The minimum absolute atomic E-state index is 0.319. The lowest BCUT2D eigenvalue weighted by Gasteiger charge is -2.24. The standard InChI is InChI=1S/C14H21N3O/c1-2-7-11-10(4-1)8-12(15-11)14-16-13(17-18-14)9-5-3-6-9/h9-12,15H,1-8H2. The van der Waals surface area contributed by atoms with Gasteiger partial charge in [0, 0.05) is 12.0 Å². The topological polar surface area (TPSA) is 51.0 Å². The number of hydrogen-bond acceptors (Lipinski definition) is 4. The fraction of sp³-hybridized carbons (Fsp3) is 0.857. The van der Waals surface area contributed by atoms with Gasteiger partial charge in [0.25, 0.3) is 0 Å². The molecule has 0 amide bonds. The highest BCUT2D eigenvalue weighted by Crippen LogP contribution is 2.40. The summed E-state index contributed by atoms with van der Waals surface area (Å²) in [4.78, 5) is 4.63. The average molecular weight is 247 g/mol. The monoisotopic (exact) mass is 247 g/mol. The predicted octanol–water partition coefficient (Wildman–Crippen LogP) is 2.93. The molecule has 0 bridgehead atoms. The van der Waals surface area contributed by atoms with Crippen molar-refractivity contribution in [2.24, 2.45) is 5.92 Å². The van der Waals surface area contributed by atoms with Crippen molar-refractivity contribution in [3.63, 3.8) is 0 Å². The van der Waals surface area contributed by atoms with Crippen LogP contribution in [0, 0.1) is 5.92 Å². The first-order valence-electron chi connectivity index (χ1n) is 7.50. The van der Waals surface area contributed by atoms with E-state index in [0.29, 0.717) is 18.0 Å². The number of nitrogens with zero attached hydrogens (tertiary/aromatic N) is 2. The van der Waals surface area contributed by atoms with Gasteiger partial charge in [0.05, 0.1) is 6.04 Å². The Morgan fingerprint density at radius 3 is 2.72 bits per heavy atom. The third-order valence-electron chi connectivity index (χ3n) is 5.09. The van der Waals surface area contributed by atoms with Gasteiger partial charge in [-0.25, -0.2) is 0 Å². The van der Waals surface area contributed by atoms with Crippen LogP contribution in [-0.4, -0.2) is 16.2 Å². The summed E-state index contributed by atoms with van der Waals surface area (Å²) >= 11 is 0. The molecule has 4 nitrogen and oxygen atoms in total. The van der Waals surface area contributed by atoms with Gasteiger partial charge >= 0.3 is 0 Å². The molecule has 4 heteroatoms. The lowest BCUT2D eigenvalue weighted by Crippen LogP contribution is -2.30. The molecule has 3 unspecified atom stereocenters. The molecule has 3 aliphatic rings. The minimum atomic E-state index is 0.319. The second kappa shape index (κ2) is 4.34. The highest BCUT2D eigenvalue weighted by atomic mass is 16.5. The third kappa shape index (κ3) is 1.78. The molecule has 2 saturated carbocycles. The summed E-state index contributed by atoms with van der Waals surface area (Å²) in [6, 6.07) is 1.02. The molecule has 2 heterocycles. The number of hydrogen-bond donors (Lipinski definition) is 1. The van der Waals surface area contributed by atoms with Gasteiger partial charge in [-0.3, -0.25) is 0 Å². The Kier molecular flexibility index (Phi) is 2.64. The van der Waals surface area contributed by atoms with E-state index in [-0.39, 0.29) is 0 Å². The Labute approximate surface area is 108 Å². The summed E-state index contributed by atoms with van der Waals surface area (Å²) in [7, 11) is 0. The van der Waals surface area contributed by atoms with E-state index in [9.17, 15) is 0 Å². The van der Waals surface area contributed by atoms with Gasteiger partial charge in [-0.05, 0) is 38.0 Å². The van der Waals surface area contributed by atoms with Crippen molar-refractivity contribution in [2.75, 3.05) is 0 Å². The molecule has 1 aromatic rings. The molecule has 3 fully saturated rings. The highest BCUT2D eigenvalue weighted by Gasteiger charge is 2.38. The molecule has 1 aliphatic heterocycles. The molecule has 1 saturated heterocycles. The van der Waals surface area contributed by atoms with Crippen LogP contribution in [0.2, 0.25) is 0 Å². The van der Waals surface area contributed by atoms with E-state index >= 15 is 0 Å².